The van der Waals surface area contributed by atoms with Gasteiger partial charge in [0.2, 0.25) is 0 Å². The zero-order chi connectivity index (χ0) is 38.8. The minimum Gasteiger partial charge on any atom is -0.492 e. The van der Waals surface area contributed by atoms with Gasteiger partial charge in [-0.1, -0.05) is 95.2 Å². The van der Waals surface area contributed by atoms with Crippen LogP contribution in [0.4, 0.5) is 11.4 Å². The molecule has 0 radical (unpaired) electrons. The number of allylic oxidation sites excluding steroid dienone is 10. The molecule has 4 rings (SSSR count). The van der Waals surface area contributed by atoms with E-state index in [9.17, 15) is 9.59 Å². The third-order valence-electron chi connectivity index (χ3n) is 8.99. The molecule has 0 N–H and O–H groups in total. The molecule has 7 heteroatoms. The first-order chi connectivity index (χ1) is 24.0. The number of aryl methyl sites for hydroxylation is 1. The normalized spacial score (nSPS) is 16.3. The van der Waals surface area contributed by atoms with Crippen LogP contribution in [0.1, 0.15) is 95.6 Å². The molecular formula is C45H56N4O3. The second-order valence-corrected chi connectivity index (χ2v) is 17.7. The van der Waals surface area contributed by atoms with E-state index in [2.05, 4.69) is 110 Å². The maximum atomic E-state index is 13.3. The minimum absolute atomic E-state index is 0.0874. The predicted molar refractivity (Wildman–Crippen MR) is 213 cm³/mol. The van der Waals surface area contributed by atoms with Gasteiger partial charge in [-0.25, -0.2) is 0 Å². The van der Waals surface area contributed by atoms with Gasteiger partial charge >= 0.3 is 0 Å². The number of ether oxygens (including phenoxy) is 1. The van der Waals surface area contributed by atoms with Crippen molar-refractivity contribution in [1.29, 1.82) is 0 Å². The second-order valence-electron chi connectivity index (χ2n) is 17.7. The number of ketones is 2. The van der Waals surface area contributed by atoms with Crippen molar-refractivity contribution in [2.75, 3.05) is 6.61 Å². The van der Waals surface area contributed by atoms with Gasteiger partial charge in [0.25, 0.3) is 0 Å². The van der Waals surface area contributed by atoms with Crippen molar-refractivity contribution in [2.24, 2.45) is 42.1 Å². The summed E-state index contributed by atoms with van der Waals surface area (Å²) in [6.07, 6.45) is 11.1. The van der Waals surface area contributed by atoms with Gasteiger partial charge in [0.1, 0.15) is 11.4 Å². The van der Waals surface area contributed by atoms with Crippen LogP contribution in [0.3, 0.4) is 0 Å². The lowest BCUT2D eigenvalue weighted by molar-refractivity contribution is -0.114. The molecule has 2 aliphatic carbocycles. The van der Waals surface area contributed by atoms with E-state index in [4.69, 9.17) is 4.74 Å². The van der Waals surface area contributed by atoms with E-state index in [0.29, 0.717) is 18.0 Å². The third-order valence-corrected chi connectivity index (χ3v) is 8.99. The summed E-state index contributed by atoms with van der Waals surface area (Å²) in [6, 6.07) is 11.9. The Balaban J connectivity index is 1.60. The first-order valence-corrected chi connectivity index (χ1v) is 18.1. The van der Waals surface area contributed by atoms with Crippen molar-refractivity contribution in [3.63, 3.8) is 0 Å². The molecule has 0 atom stereocenters. The van der Waals surface area contributed by atoms with Gasteiger partial charge in [-0.3, -0.25) is 9.59 Å². The number of carbonyl (C=O) groups excluding carboxylic acids is 2. The van der Waals surface area contributed by atoms with Crippen molar-refractivity contribution in [3.8, 4) is 16.9 Å². The first kappa shape index (κ1) is 40.0. The number of nitrogens with zero attached hydrogens (tertiary/aromatic N) is 4. The molecule has 0 saturated heterocycles. The Morgan fingerprint density at radius 1 is 0.558 bits per heavy atom. The summed E-state index contributed by atoms with van der Waals surface area (Å²) in [5, 5.41) is 17.9. The standard InChI is InChI=1S/C45H56N4O3/c1-15-52-39-25-32(17-19-38(39)49-47-27-30-23-35(44(9,10)11)41(51)36(24-30)45(12,13)14)31-16-18-37(28(2)20-31)48-46-26-29-21-33(42(3,4)5)40(50)34(22-29)43(6,7)8/h16-27H,15H2,1-14H3. The van der Waals surface area contributed by atoms with Gasteiger partial charge in [-0.05, 0) is 112 Å². The van der Waals surface area contributed by atoms with E-state index in [1.54, 1.807) is 12.4 Å². The average molecular weight is 701 g/mol. The van der Waals surface area contributed by atoms with E-state index in [1.807, 2.05) is 68.5 Å². The SMILES string of the molecule is CCOc1cc(-c2ccc(N=NC=C3C=C(C(C)(C)C)C(=O)C(C(C)(C)C)=C3)c(C)c2)ccc1N=NC=C1C=C(C(C)(C)C)C(=O)C(C(C)(C)C)=C1. The fourth-order valence-electron chi connectivity index (χ4n) is 5.99. The smallest absolute Gasteiger partial charge is 0.186 e. The summed E-state index contributed by atoms with van der Waals surface area (Å²) in [6.45, 7) is 29.1. The number of hydrogen-bond acceptors (Lipinski definition) is 7. The largest absolute Gasteiger partial charge is 0.492 e. The lowest BCUT2D eigenvalue weighted by Crippen LogP contribution is -2.27. The Morgan fingerprint density at radius 3 is 1.29 bits per heavy atom. The van der Waals surface area contributed by atoms with Crippen LogP contribution >= 0.6 is 0 Å². The summed E-state index contributed by atoms with van der Waals surface area (Å²) in [5.41, 5.74) is 7.93. The summed E-state index contributed by atoms with van der Waals surface area (Å²) >= 11 is 0. The number of rotatable bonds is 7. The number of hydrogen-bond donors (Lipinski definition) is 0. The molecule has 0 saturated carbocycles. The van der Waals surface area contributed by atoms with Crippen LogP contribution in [0.15, 0.2) is 127 Å². The van der Waals surface area contributed by atoms with Gasteiger partial charge in [0, 0.05) is 22.3 Å². The molecule has 0 bridgehead atoms. The summed E-state index contributed by atoms with van der Waals surface area (Å²) in [7, 11) is 0. The Kier molecular flexibility index (Phi) is 11.6. The zero-order valence-corrected chi connectivity index (χ0v) is 33.6. The molecule has 2 aromatic carbocycles. The van der Waals surface area contributed by atoms with E-state index < -0.39 is 0 Å². The van der Waals surface area contributed by atoms with Crippen molar-refractivity contribution in [2.45, 2.75) is 96.9 Å². The fourth-order valence-corrected chi connectivity index (χ4v) is 5.99. The molecule has 0 amide bonds. The van der Waals surface area contributed by atoms with Gasteiger partial charge in [-0.2, -0.15) is 15.3 Å². The van der Waals surface area contributed by atoms with Crippen LogP contribution in [0.25, 0.3) is 11.1 Å². The topological polar surface area (TPSA) is 92.8 Å². The maximum Gasteiger partial charge on any atom is 0.186 e. The molecule has 0 unspecified atom stereocenters. The van der Waals surface area contributed by atoms with Crippen molar-refractivity contribution < 1.29 is 14.3 Å². The molecule has 0 spiro atoms. The van der Waals surface area contributed by atoms with E-state index in [1.165, 1.54) is 0 Å². The highest BCUT2D eigenvalue weighted by molar-refractivity contribution is 6.12. The average Bonchev–Trinajstić information content (AvgIpc) is 3.01. The van der Waals surface area contributed by atoms with Crippen molar-refractivity contribution in [1.82, 2.24) is 0 Å². The number of Topliss-reactive ketones (excluding diaryl/α,β-unsaturated/α-hetero) is 2. The van der Waals surface area contributed by atoms with Crippen LogP contribution in [0.2, 0.25) is 0 Å². The molecule has 0 heterocycles. The van der Waals surface area contributed by atoms with Crippen LogP contribution in [-0.4, -0.2) is 18.2 Å². The van der Waals surface area contributed by atoms with Gasteiger partial charge in [-0.15, -0.1) is 5.11 Å². The van der Waals surface area contributed by atoms with E-state index in [-0.39, 0.29) is 33.2 Å². The fraction of sp³-hybridized carbons (Fsp3) is 0.422. The van der Waals surface area contributed by atoms with Crippen LogP contribution < -0.4 is 4.74 Å². The lowest BCUT2D eigenvalue weighted by atomic mass is 9.72. The van der Waals surface area contributed by atoms with E-state index in [0.717, 1.165) is 55.8 Å². The highest BCUT2D eigenvalue weighted by Gasteiger charge is 2.35. The number of benzene rings is 2. The molecule has 0 aliphatic heterocycles. The van der Waals surface area contributed by atoms with Crippen LogP contribution in [0.5, 0.6) is 5.75 Å². The van der Waals surface area contributed by atoms with Crippen LogP contribution in [-0.2, 0) is 9.59 Å². The molecule has 2 aromatic rings. The molecule has 0 fully saturated rings. The second kappa shape index (κ2) is 15.1. The highest BCUT2D eigenvalue weighted by atomic mass is 16.5. The Hall–Kier alpha value is -4.78. The Bertz CT molecular complexity index is 1930. The van der Waals surface area contributed by atoms with Crippen LogP contribution in [0, 0.1) is 28.6 Å². The molecular weight excluding hydrogens is 645 g/mol. The quantitative estimate of drug-likeness (QED) is 0.269. The van der Waals surface area contributed by atoms with Crippen molar-refractivity contribution in [3.05, 3.63) is 112 Å². The minimum atomic E-state index is -0.299. The molecule has 274 valence electrons. The zero-order valence-electron chi connectivity index (χ0n) is 33.6. The number of carbonyl (C=O) groups is 2. The molecule has 52 heavy (non-hydrogen) atoms. The predicted octanol–water partition coefficient (Wildman–Crippen LogP) is 13.1. The summed E-state index contributed by atoms with van der Waals surface area (Å²) in [4.78, 5) is 26.6. The molecule has 0 aromatic heterocycles. The van der Waals surface area contributed by atoms with Gasteiger partial charge in [0.05, 0.1) is 24.7 Å². The maximum absolute atomic E-state index is 13.3. The lowest BCUT2D eigenvalue weighted by Gasteiger charge is -2.31. The van der Waals surface area contributed by atoms with Crippen molar-refractivity contribution >= 4 is 22.9 Å². The first-order valence-electron chi connectivity index (χ1n) is 18.1. The van der Waals surface area contributed by atoms with Gasteiger partial charge < -0.3 is 4.74 Å². The van der Waals surface area contributed by atoms with Gasteiger partial charge in [0.15, 0.2) is 11.6 Å². The summed E-state index contributed by atoms with van der Waals surface area (Å²) < 4.78 is 5.99. The highest BCUT2D eigenvalue weighted by Crippen LogP contribution is 2.41. The molecule has 7 nitrogen and oxygen atoms in total. The Labute approximate surface area is 311 Å². The van der Waals surface area contributed by atoms with E-state index >= 15 is 0 Å². The third kappa shape index (κ3) is 9.55. The Morgan fingerprint density at radius 2 is 0.923 bits per heavy atom. The number of azo groups is 2. The molecule has 2 aliphatic rings. The monoisotopic (exact) mass is 700 g/mol. The summed E-state index contributed by atoms with van der Waals surface area (Å²) in [5.74, 6) is 0.811.